The average Bonchev–Trinajstić information content (AvgIpc) is 3.36. The van der Waals surface area contributed by atoms with Crippen LogP contribution in [0.15, 0.2) is 50.0 Å². The molecule has 6 rings (SSSR count). The molecule has 1 aliphatic carbocycles. The van der Waals surface area contributed by atoms with Gasteiger partial charge in [0.2, 0.25) is 0 Å². The molecule has 5 heteroatoms. The fraction of sp³-hybridized carbons (Fsp3) is 0.318. The summed E-state index contributed by atoms with van der Waals surface area (Å²) < 4.78 is 17.8. The third-order valence-electron chi connectivity index (χ3n) is 6.05. The molecule has 4 aromatic rings. The molecular weight excluding hydrogens is 342 g/mol. The molecular formula is C22H19NO4. The van der Waals surface area contributed by atoms with Crippen molar-refractivity contribution >= 4 is 32.9 Å². The first-order chi connectivity index (χ1) is 13.3. The summed E-state index contributed by atoms with van der Waals surface area (Å²) in [6.45, 7) is 1.38. The van der Waals surface area contributed by atoms with Gasteiger partial charge in [-0.05, 0) is 37.1 Å². The van der Waals surface area contributed by atoms with E-state index in [2.05, 4.69) is 4.90 Å². The first-order valence-electron chi connectivity index (χ1n) is 9.56. The molecule has 1 aliphatic heterocycles. The van der Waals surface area contributed by atoms with E-state index in [9.17, 15) is 4.79 Å². The van der Waals surface area contributed by atoms with E-state index in [0.717, 1.165) is 28.6 Å². The maximum absolute atomic E-state index is 12.8. The highest BCUT2D eigenvalue weighted by Gasteiger charge is 2.30. The van der Waals surface area contributed by atoms with E-state index in [1.165, 1.54) is 25.7 Å². The second-order valence-corrected chi connectivity index (χ2v) is 7.57. The highest BCUT2D eigenvalue weighted by molar-refractivity contribution is 6.14. The van der Waals surface area contributed by atoms with Gasteiger partial charge in [0.05, 0.1) is 5.39 Å². The van der Waals surface area contributed by atoms with Crippen LogP contribution in [0, 0.1) is 0 Å². The third kappa shape index (κ3) is 2.18. The summed E-state index contributed by atoms with van der Waals surface area (Å²) in [5, 5.41) is 2.18. The van der Waals surface area contributed by atoms with Crippen molar-refractivity contribution in [1.82, 2.24) is 4.90 Å². The average molecular weight is 361 g/mol. The van der Waals surface area contributed by atoms with Gasteiger partial charge in [-0.15, -0.1) is 0 Å². The van der Waals surface area contributed by atoms with Crippen LogP contribution in [0.25, 0.3) is 32.9 Å². The Hall–Kier alpha value is -2.79. The molecule has 1 saturated carbocycles. The fourth-order valence-corrected chi connectivity index (χ4v) is 4.72. The molecule has 2 aromatic heterocycles. The van der Waals surface area contributed by atoms with Crippen molar-refractivity contribution in [2.45, 2.75) is 38.3 Å². The van der Waals surface area contributed by atoms with Crippen LogP contribution >= 0.6 is 0 Å². The van der Waals surface area contributed by atoms with Gasteiger partial charge in [0, 0.05) is 23.5 Å². The van der Waals surface area contributed by atoms with Gasteiger partial charge in [-0.3, -0.25) is 4.90 Å². The van der Waals surface area contributed by atoms with Gasteiger partial charge in [-0.25, -0.2) is 4.79 Å². The normalized spacial score (nSPS) is 18.4. The van der Waals surface area contributed by atoms with Crippen LogP contribution in [0.5, 0.6) is 5.75 Å². The maximum Gasteiger partial charge on any atom is 0.348 e. The summed E-state index contributed by atoms with van der Waals surface area (Å²) in [7, 11) is 0. The van der Waals surface area contributed by atoms with Gasteiger partial charge in [-0.2, -0.15) is 0 Å². The van der Waals surface area contributed by atoms with Crippen LogP contribution in [0.2, 0.25) is 0 Å². The summed E-state index contributed by atoms with van der Waals surface area (Å²) in [6.07, 6.45) is 4.99. The van der Waals surface area contributed by atoms with Gasteiger partial charge in [-0.1, -0.05) is 25.0 Å². The van der Waals surface area contributed by atoms with E-state index in [-0.39, 0.29) is 5.63 Å². The molecule has 0 amide bonds. The molecule has 0 saturated heterocycles. The lowest BCUT2D eigenvalue weighted by Gasteiger charge is -2.33. The molecule has 5 nitrogen and oxygen atoms in total. The van der Waals surface area contributed by atoms with Gasteiger partial charge in [0.15, 0.2) is 5.58 Å². The monoisotopic (exact) mass is 361 g/mol. The Morgan fingerprint density at radius 2 is 1.78 bits per heavy atom. The lowest BCUT2D eigenvalue weighted by atomic mass is 10.0. The van der Waals surface area contributed by atoms with E-state index >= 15 is 0 Å². The van der Waals surface area contributed by atoms with E-state index in [1.54, 1.807) is 6.07 Å². The highest BCUT2D eigenvalue weighted by Crippen LogP contribution is 2.40. The number of fused-ring (bicyclic) bond motifs is 7. The summed E-state index contributed by atoms with van der Waals surface area (Å²) in [5.74, 6) is 0.840. The van der Waals surface area contributed by atoms with Gasteiger partial charge < -0.3 is 13.6 Å². The van der Waals surface area contributed by atoms with Crippen LogP contribution in [0.1, 0.15) is 31.2 Å². The standard InChI is InChI=1S/C22H19NO4/c24-22-20-19-15-11-23(13-5-1-2-6-13)12-25-16(15)9-10-18(19)26-21(20)14-7-3-4-8-17(14)27-22/h3-4,7-10,13H,1-2,5-6,11-12H2. The van der Waals surface area contributed by atoms with Crippen molar-refractivity contribution in [3.63, 3.8) is 0 Å². The number of nitrogens with zero attached hydrogens (tertiary/aromatic N) is 1. The smallest absolute Gasteiger partial charge is 0.348 e. The summed E-state index contributed by atoms with van der Waals surface area (Å²) in [6, 6.07) is 11.9. The minimum atomic E-state index is -0.353. The van der Waals surface area contributed by atoms with Crippen LogP contribution in [-0.4, -0.2) is 17.7 Å². The molecule has 2 aromatic carbocycles. The van der Waals surface area contributed by atoms with E-state index in [0.29, 0.717) is 34.9 Å². The number of hydrogen-bond acceptors (Lipinski definition) is 5. The molecule has 0 radical (unpaired) electrons. The summed E-state index contributed by atoms with van der Waals surface area (Å²) in [5.41, 5.74) is 2.54. The SMILES string of the molecule is O=c1oc2ccccc2c2oc3ccc4c(c3c12)CN(C1CCCC1)CO4. The van der Waals surface area contributed by atoms with Gasteiger partial charge >= 0.3 is 5.63 Å². The quantitative estimate of drug-likeness (QED) is 0.456. The number of furan rings is 1. The van der Waals surface area contributed by atoms with Crippen molar-refractivity contribution in [3.8, 4) is 5.75 Å². The summed E-state index contributed by atoms with van der Waals surface area (Å²) >= 11 is 0. The Bertz CT molecular complexity index is 1250. The van der Waals surface area contributed by atoms with E-state index in [1.807, 2.05) is 30.3 Å². The van der Waals surface area contributed by atoms with Crippen molar-refractivity contribution in [3.05, 3.63) is 52.4 Å². The lowest BCUT2D eigenvalue weighted by molar-refractivity contribution is 0.0587. The molecule has 1 fully saturated rings. The first kappa shape index (κ1) is 15.3. The Morgan fingerprint density at radius 1 is 0.926 bits per heavy atom. The predicted molar refractivity (Wildman–Crippen MR) is 103 cm³/mol. The van der Waals surface area contributed by atoms with Crippen molar-refractivity contribution in [2.24, 2.45) is 0 Å². The second kappa shape index (κ2) is 5.60. The molecule has 3 heterocycles. The summed E-state index contributed by atoms with van der Waals surface area (Å²) in [4.78, 5) is 15.2. The number of ether oxygens (including phenoxy) is 1. The largest absolute Gasteiger partial charge is 0.478 e. The van der Waals surface area contributed by atoms with E-state index in [4.69, 9.17) is 13.6 Å². The van der Waals surface area contributed by atoms with Crippen LogP contribution < -0.4 is 10.4 Å². The van der Waals surface area contributed by atoms with Crippen molar-refractivity contribution in [2.75, 3.05) is 6.73 Å². The minimum absolute atomic E-state index is 0.353. The van der Waals surface area contributed by atoms with Gasteiger partial charge in [0.1, 0.15) is 29.0 Å². The van der Waals surface area contributed by atoms with Crippen molar-refractivity contribution < 1.29 is 13.6 Å². The topological polar surface area (TPSA) is 55.8 Å². The number of para-hydroxylation sites is 1. The predicted octanol–water partition coefficient (Wildman–Crippen LogP) is 4.79. The first-order valence-corrected chi connectivity index (χ1v) is 9.56. The van der Waals surface area contributed by atoms with Crippen molar-refractivity contribution in [1.29, 1.82) is 0 Å². The Morgan fingerprint density at radius 3 is 2.67 bits per heavy atom. The number of rotatable bonds is 1. The number of benzene rings is 2. The second-order valence-electron chi connectivity index (χ2n) is 7.57. The van der Waals surface area contributed by atoms with Crippen LogP contribution in [-0.2, 0) is 6.54 Å². The lowest BCUT2D eigenvalue weighted by Crippen LogP contribution is -2.38. The maximum atomic E-state index is 12.8. The minimum Gasteiger partial charge on any atom is -0.478 e. The zero-order valence-corrected chi connectivity index (χ0v) is 14.9. The molecule has 0 atom stereocenters. The Labute approximate surface area is 155 Å². The Balaban J connectivity index is 1.63. The molecule has 0 unspecified atom stereocenters. The fourth-order valence-electron chi connectivity index (χ4n) is 4.72. The third-order valence-corrected chi connectivity index (χ3v) is 6.05. The van der Waals surface area contributed by atoms with Crippen LogP contribution in [0.3, 0.4) is 0 Å². The molecule has 136 valence electrons. The van der Waals surface area contributed by atoms with Gasteiger partial charge in [0.25, 0.3) is 0 Å². The molecule has 0 bridgehead atoms. The zero-order chi connectivity index (χ0) is 18.0. The Kier molecular flexibility index (Phi) is 3.17. The molecule has 0 N–H and O–H groups in total. The molecule has 27 heavy (non-hydrogen) atoms. The molecule has 0 spiro atoms. The molecule has 2 aliphatic rings. The highest BCUT2D eigenvalue weighted by atomic mass is 16.5. The van der Waals surface area contributed by atoms with Crippen LogP contribution in [0.4, 0.5) is 0 Å². The van der Waals surface area contributed by atoms with E-state index < -0.39 is 0 Å². The number of hydrogen-bond donors (Lipinski definition) is 0. The zero-order valence-electron chi connectivity index (χ0n) is 14.9.